The van der Waals surface area contributed by atoms with Gasteiger partial charge in [-0.15, -0.1) is 0 Å². The van der Waals surface area contributed by atoms with Crippen LogP contribution in [0.3, 0.4) is 0 Å². The van der Waals surface area contributed by atoms with Crippen molar-refractivity contribution in [1.82, 2.24) is 14.7 Å². The van der Waals surface area contributed by atoms with Crippen molar-refractivity contribution in [3.8, 4) is 0 Å². The van der Waals surface area contributed by atoms with E-state index in [2.05, 4.69) is 21.7 Å². The summed E-state index contributed by atoms with van der Waals surface area (Å²) >= 11 is 0. The first-order chi connectivity index (χ1) is 11.8. The van der Waals surface area contributed by atoms with E-state index in [1.807, 2.05) is 27.7 Å². The molecule has 2 aliphatic heterocycles. The molecule has 0 amide bonds. The van der Waals surface area contributed by atoms with Gasteiger partial charge < -0.3 is 19.4 Å². The molecule has 0 aromatic rings. The Morgan fingerprint density at radius 2 is 1.33 bits per heavy atom. The zero-order valence-electron chi connectivity index (χ0n) is 17.5. The number of likely N-dealkylation sites (tertiary alicyclic amines) is 1. The van der Waals surface area contributed by atoms with Crippen molar-refractivity contribution in [3.63, 3.8) is 0 Å². The lowest BCUT2D eigenvalue weighted by molar-refractivity contribution is 0.114. The van der Waals surface area contributed by atoms with Crippen LogP contribution in [-0.2, 0) is 4.74 Å². The fourth-order valence-corrected chi connectivity index (χ4v) is 3.39. The van der Waals surface area contributed by atoms with Crippen LogP contribution in [0.15, 0.2) is 0 Å². The molecule has 0 radical (unpaired) electrons. The van der Waals surface area contributed by atoms with Gasteiger partial charge in [-0.2, -0.15) is 0 Å². The molecule has 2 heterocycles. The minimum Gasteiger partial charge on any atom is -0.383 e. The van der Waals surface area contributed by atoms with Crippen LogP contribution in [0, 0.1) is 5.92 Å². The Kier molecular flexibility index (Phi) is 16.2. The molecule has 0 N–H and O–H groups in total. The Balaban J connectivity index is 0.00000123. The Labute approximate surface area is 152 Å². The van der Waals surface area contributed by atoms with Crippen molar-refractivity contribution < 1.29 is 4.74 Å². The number of nitrogens with zero attached hydrogens (tertiary/aromatic N) is 3. The molecule has 0 aromatic carbocycles. The molecule has 24 heavy (non-hydrogen) atoms. The van der Waals surface area contributed by atoms with Gasteiger partial charge in [-0.05, 0) is 58.3 Å². The summed E-state index contributed by atoms with van der Waals surface area (Å²) in [6.07, 6.45) is 5.62. The first kappa shape index (κ1) is 23.8. The van der Waals surface area contributed by atoms with Gasteiger partial charge in [0, 0.05) is 39.8 Å². The van der Waals surface area contributed by atoms with Gasteiger partial charge in [0.2, 0.25) is 0 Å². The summed E-state index contributed by atoms with van der Waals surface area (Å²) in [5, 5.41) is 0. The van der Waals surface area contributed by atoms with Gasteiger partial charge in [-0.1, -0.05) is 27.7 Å². The smallest absolute Gasteiger partial charge is 0.0589 e. The van der Waals surface area contributed by atoms with E-state index in [9.17, 15) is 0 Å². The molecule has 0 saturated carbocycles. The number of hydrogen-bond donors (Lipinski definition) is 0. The lowest BCUT2D eigenvalue weighted by atomic mass is 9.92. The van der Waals surface area contributed by atoms with E-state index < -0.39 is 0 Å². The molecule has 0 spiro atoms. The third kappa shape index (κ3) is 10.7. The fourth-order valence-electron chi connectivity index (χ4n) is 3.39. The third-order valence-corrected chi connectivity index (χ3v) is 5.00. The molecule has 4 heteroatoms. The second kappa shape index (κ2) is 16.3. The quantitative estimate of drug-likeness (QED) is 0.705. The van der Waals surface area contributed by atoms with Gasteiger partial charge in [0.15, 0.2) is 0 Å². The van der Waals surface area contributed by atoms with E-state index in [1.54, 1.807) is 7.11 Å². The van der Waals surface area contributed by atoms with Gasteiger partial charge >= 0.3 is 0 Å². The molecule has 146 valence electrons. The standard InChI is InChI=1S/C16H33N3O.2C2H6/c1-17-10-12-18(13-11-17)7-3-4-16-5-8-19(9-6-16)14-15-20-2;2*1-2/h16H,3-15H2,1-2H3;2*1-2H3. The summed E-state index contributed by atoms with van der Waals surface area (Å²) in [6, 6.07) is 0. The van der Waals surface area contributed by atoms with Crippen LogP contribution in [0.1, 0.15) is 53.4 Å². The van der Waals surface area contributed by atoms with Gasteiger partial charge in [0.1, 0.15) is 0 Å². The highest BCUT2D eigenvalue weighted by atomic mass is 16.5. The largest absolute Gasteiger partial charge is 0.383 e. The van der Waals surface area contributed by atoms with Crippen LogP contribution >= 0.6 is 0 Å². The third-order valence-electron chi connectivity index (χ3n) is 5.00. The van der Waals surface area contributed by atoms with Gasteiger partial charge in [0.05, 0.1) is 6.61 Å². The summed E-state index contributed by atoms with van der Waals surface area (Å²) in [6.45, 7) is 18.9. The van der Waals surface area contributed by atoms with Crippen LogP contribution in [-0.4, -0.2) is 87.8 Å². The first-order valence-electron chi connectivity index (χ1n) is 10.4. The average Bonchev–Trinajstić information content (AvgIpc) is 2.66. The Morgan fingerprint density at radius 3 is 1.88 bits per heavy atom. The molecular formula is C20H45N3O. The second-order valence-corrected chi connectivity index (χ2v) is 6.56. The molecule has 2 rings (SSSR count). The number of hydrogen-bond acceptors (Lipinski definition) is 4. The fraction of sp³-hybridized carbons (Fsp3) is 1.00. The van der Waals surface area contributed by atoms with Gasteiger partial charge in [-0.3, -0.25) is 0 Å². The zero-order valence-corrected chi connectivity index (χ0v) is 17.5. The lowest BCUT2D eigenvalue weighted by Crippen LogP contribution is -2.44. The van der Waals surface area contributed by atoms with Crippen molar-refractivity contribution in [2.45, 2.75) is 53.4 Å². The highest BCUT2D eigenvalue weighted by Crippen LogP contribution is 2.21. The second-order valence-electron chi connectivity index (χ2n) is 6.56. The van der Waals surface area contributed by atoms with Crippen molar-refractivity contribution in [2.24, 2.45) is 5.92 Å². The summed E-state index contributed by atoms with van der Waals surface area (Å²) in [4.78, 5) is 7.64. The molecule has 2 aliphatic rings. The highest BCUT2D eigenvalue weighted by Gasteiger charge is 2.19. The highest BCUT2D eigenvalue weighted by molar-refractivity contribution is 4.74. The number of piperazine rings is 1. The predicted octanol–water partition coefficient (Wildman–Crippen LogP) is 3.42. The Hall–Kier alpha value is -0.160. The van der Waals surface area contributed by atoms with E-state index in [0.717, 1.165) is 19.1 Å². The number of ether oxygens (including phenoxy) is 1. The molecule has 2 saturated heterocycles. The van der Waals surface area contributed by atoms with Crippen LogP contribution in [0.2, 0.25) is 0 Å². The molecule has 4 nitrogen and oxygen atoms in total. The summed E-state index contributed by atoms with van der Waals surface area (Å²) < 4.78 is 5.16. The number of rotatable bonds is 7. The number of likely N-dealkylation sites (N-methyl/N-ethyl adjacent to an activating group) is 1. The van der Waals surface area contributed by atoms with Gasteiger partial charge in [-0.25, -0.2) is 0 Å². The van der Waals surface area contributed by atoms with Crippen LogP contribution in [0.5, 0.6) is 0 Å². The molecule has 0 aliphatic carbocycles. The van der Waals surface area contributed by atoms with E-state index in [4.69, 9.17) is 4.74 Å². The average molecular weight is 344 g/mol. The van der Waals surface area contributed by atoms with Crippen LogP contribution in [0.25, 0.3) is 0 Å². The summed E-state index contributed by atoms with van der Waals surface area (Å²) in [5.74, 6) is 0.973. The molecule has 2 fully saturated rings. The molecule has 0 unspecified atom stereocenters. The predicted molar refractivity (Wildman–Crippen MR) is 107 cm³/mol. The topological polar surface area (TPSA) is 19.0 Å². The summed E-state index contributed by atoms with van der Waals surface area (Å²) in [7, 11) is 4.03. The van der Waals surface area contributed by atoms with E-state index >= 15 is 0 Å². The van der Waals surface area contributed by atoms with E-state index in [0.29, 0.717) is 0 Å². The Bertz CT molecular complexity index is 247. The summed E-state index contributed by atoms with van der Waals surface area (Å²) in [5.41, 5.74) is 0. The number of methoxy groups -OCH3 is 1. The zero-order chi connectivity index (χ0) is 18.2. The first-order valence-corrected chi connectivity index (χ1v) is 10.4. The Morgan fingerprint density at radius 1 is 0.792 bits per heavy atom. The van der Waals surface area contributed by atoms with E-state index in [1.165, 1.54) is 71.5 Å². The van der Waals surface area contributed by atoms with E-state index in [-0.39, 0.29) is 0 Å². The monoisotopic (exact) mass is 343 g/mol. The van der Waals surface area contributed by atoms with Crippen molar-refractivity contribution in [3.05, 3.63) is 0 Å². The molecule has 0 aromatic heterocycles. The molecule has 0 atom stereocenters. The van der Waals surface area contributed by atoms with Crippen molar-refractivity contribution in [2.75, 3.05) is 73.1 Å². The maximum Gasteiger partial charge on any atom is 0.0589 e. The SMILES string of the molecule is CC.CC.COCCN1CCC(CCCN2CCN(C)CC2)CC1. The normalized spacial score (nSPS) is 20.8. The van der Waals surface area contributed by atoms with Crippen LogP contribution < -0.4 is 0 Å². The van der Waals surface area contributed by atoms with Crippen molar-refractivity contribution >= 4 is 0 Å². The number of piperidine rings is 1. The molecule has 0 bridgehead atoms. The minimum absolute atomic E-state index is 0.883. The maximum atomic E-state index is 5.16. The van der Waals surface area contributed by atoms with Crippen molar-refractivity contribution in [1.29, 1.82) is 0 Å². The molecular weight excluding hydrogens is 298 g/mol. The maximum absolute atomic E-state index is 5.16. The van der Waals surface area contributed by atoms with Gasteiger partial charge in [0.25, 0.3) is 0 Å². The lowest BCUT2D eigenvalue weighted by Gasteiger charge is -2.34. The van der Waals surface area contributed by atoms with Crippen LogP contribution in [0.4, 0.5) is 0 Å². The minimum atomic E-state index is 0.883.